The summed E-state index contributed by atoms with van der Waals surface area (Å²) < 4.78 is 4.86. The van der Waals surface area contributed by atoms with E-state index in [4.69, 9.17) is 10.5 Å². The Bertz CT molecular complexity index is 782. The molecule has 5 nitrogen and oxygen atoms in total. The lowest BCUT2D eigenvalue weighted by Crippen LogP contribution is -2.32. The topological polar surface area (TPSA) is 72.6 Å². The van der Waals surface area contributed by atoms with E-state index in [0.29, 0.717) is 13.2 Å². The summed E-state index contributed by atoms with van der Waals surface area (Å²) in [6.45, 7) is 2.67. The molecular weight excluding hydrogens is 328 g/mol. The number of likely N-dealkylation sites (N-methyl/N-ethyl adjacent to an activating group) is 1. The molecule has 5 heteroatoms. The summed E-state index contributed by atoms with van der Waals surface area (Å²) in [4.78, 5) is 24.6. The summed E-state index contributed by atoms with van der Waals surface area (Å²) in [5, 5.41) is 0. The Labute approximate surface area is 154 Å². The molecule has 0 aliphatic heterocycles. The van der Waals surface area contributed by atoms with E-state index in [1.54, 1.807) is 24.9 Å². The third kappa shape index (κ3) is 5.57. The van der Waals surface area contributed by atoms with Crippen molar-refractivity contribution < 1.29 is 14.3 Å². The molecule has 0 saturated heterocycles. The van der Waals surface area contributed by atoms with E-state index < -0.39 is 0 Å². The molecule has 26 heavy (non-hydrogen) atoms. The minimum absolute atomic E-state index is 0.0109. The summed E-state index contributed by atoms with van der Waals surface area (Å²) in [6.07, 6.45) is 3.15. The number of rotatable bonds is 7. The van der Waals surface area contributed by atoms with Crippen molar-refractivity contribution in [2.75, 3.05) is 20.2 Å². The fraction of sp³-hybridized carbons (Fsp3) is 0.238. The van der Waals surface area contributed by atoms with Gasteiger partial charge in [0.25, 0.3) is 0 Å². The Morgan fingerprint density at radius 2 is 1.85 bits per heavy atom. The van der Waals surface area contributed by atoms with Gasteiger partial charge in [-0.1, -0.05) is 42.5 Å². The number of esters is 1. The van der Waals surface area contributed by atoms with E-state index in [0.717, 1.165) is 22.3 Å². The molecule has 2 N–H and O–H groups in total. The highest BCUT2D eigenvalue weighted by atomic mass is 16.5. The molecule has 2 aromatic carbocycles. The van der Waals surface area contributed by atoms with Crippen LogP contribution in [0.4, 0.5) is 0 Å². The van der Waals surface area contributed by atoms with Crippen LogP contribution in [0, 0.1) is 0 Å². The van der Waals surface area contributed by atoms with Crippen LogP contribution in [0.15, 0.2) is 54.6 Å². The molecule has 1 amide bonds. The summed E-state index contributed by atoms with van der Waals surface area (Å²) in [5.74, 6) is -0.437. The number of carbonyl (C=O) groups excluding carboxylic acids is 2. The molecular formula is C21H24N2O3. The van der Waals surface area contributed by atoms with E-state index >= 15 is 0 Å². The van der Waals surface area contributed by atoms with Crippen LogP contribution >= 0.6 is 0 Å². The van der Waals surface area contributed by atoms with Crippen LogP contribution in [-0.4, -0.2) is 37.0 Å². The number of nitrogens with zero attached hydrogens (tertiary/aromatic N) is 1. The predicted octanol–water partition coefficient (Wildman–Crippen LogP) is 2.85. The first-order valence-corrected chi connectivity index (χ1v) is 8.51. The van der Waals surface area contributed by atoms with Crippen LogP contribution in [-0.2, 0) is 20.9 Å². The summed E-state index contributed by atoms with van der Waals surface area (Å²) in [7, 11) is 1.74. The lowest BCUT2D eigenvalue weighted by atomic mass is 10.0. The van der Waals surface area contributed by atoms with Crippen LogP contribution in [0.5, 0.6) is 0 Å². The second-order valence-corrected chi connectivity index (χ2v) is 5.86. The molecule has 0 spiro atoms. The number of hydrogen-bond donors (Lipinski definition) is 1. The number of benzene rings is 2. The predicted molar refractivity (Wildman–Crippen MR) is 103 cm³/mol. The van der Waals surface area contributed by atoms with Gasteiger partial charge >= 0.3 is 5.97 Å². The molecule has 136 valence electrons. The number of nitrogens with two attached hydrogens (primary N) is 1. The van der Waals surface area contributed by atoms with Gasteiger partial charge in [0.15, 0.2) is 0 Å². The third-order valence-corrected chi connectivity index (χ3v) is 3.89. The number of ether oxygens (including phenoxy) is 1. The first-order chi connectivity index (χ1) is 12.5. The zero-order chi connectivity index (χ0) is 18.9. The molecule has 0 aromatic heterocycles. The quantitative estimate of drug-likeness (QED) is 0.614. The van der Waals surface area contributed by atoms with E-state index in [-0.39, 0.29) is 18.4 Å². The maximum Gasteiger partial charge on any atom is 0.330 e. The van der Waals surface area contributed by atoms with Crippen molar-refractivity contribution in [3.05, 3.63) is 65.7 Å². The van der Waals surface area contributed by atoms with Crippen LogP contribution in [0.1, 0.15) is 18.1 Å². The van der Waals surface area contributed by atoms with Gasteiger partial charge < -0.3 is 15.4 Å². The van der Waals surface area contributed by atoms with Gasteiger partial charge in [-0.05, 0) is 41.3 Å². The minimum atomic E-state index is -0.347. The highest BCUT2D eigenvalue weighted by Gasteiger charge is 2.07. The van der Waals surface area contributed by atoms with Crippen molar-refractivity contribution >= 4 is 18.0 Å². The molecule has 0 saturated carbocycles. The SMILES string of the molecule is CCOC(=O)C=Cc1ccc(-c2cccc(CN(C)C(=O)CN)c2)cc1. The van der Waals surface area contributed by atoms with Gasteiger partial charge in [-0.25, -0.2) is 4.79 Å². The fourth-order valence-corrected chi connectivity index (χ4v) is 2.51. The first kappa shape index (κ1) is 19.4. The van der Waals surface area contributed by atoms with E-state index in [1.165, 1.54) is 6.08 Å². The molecule has 0 aliphatic carbocycles. The molecule has 0 aliphatic rings. The van der Waals surface area contributed by atoms with Crippen molar-refractivity contribution in [3.8, 4) is 11.1 Å². The van der Waals surface area contributed by atoms with Crippen molar-refractivity contribution in [1.82, 2.24) is 4.90 Å². The van der Waals surface area contributed by atoms with Gasteiger partial charge in [-0.2, -0.15) is 0 Å². The second kappa shape index (κ2) is 9.53. The largest absolute Gasteiger partial charge is 0.463 e. The Morgan fingerprint density at radius 3 is 2.50 bits per heavy atom. The molecule has 0 bridgehead atoms. The van der Waals surface area contributed by atoms with Gasteiger partial charge in [0.05, 0.1) is 13.2 Å². The zero-order valence-electron chi connectivity index (χ0n) is 15.1. The highest BCUT2D eigenvalue weighted by molar-refractivity contribution is 5.87. The van der Waals surface area contributed by atoms with Crippen molar-refractivity contribution in [1.29, 1.82) is 0 Å². The average molecular weight is 352 g/mol. The van der Waals surface area contributed by atoms with Gasteiger partial charge in [0.2, 0.25) is 5.91 Å². The van der Waals surface area contributed by atoms with E-state index in [2.05, 4.69) is 6.07 Å². The Morgan fingerprint density at radius 1 is 1.12 bits per heavy atom. The maximum absolute atomic E-state index is 11.6. The molecule has 0 unspecified atom stereocenters. The molecule has 2 rings (SSSR count). The fourth-order valence-electron chi connectivity index (χ4n) is 2.51. The maximum atomic E-state index is 11.6. The smallest absolute Gasteiger partial charge is 0.330 e. The Balaban J connectivity index is 2.10. The summed E-state index contributed by atoms with van der Waals surface area (Å²) in [6, 6.07) is 15.9. The first-order valence-electron chi connectivity index (χ1n) is 8.51. The van der Waals surface area contributed by atoms with Gasteiger partial charge in [-0.3, -0.25) is 4.79 Å². The van der Waals surface area contributed by atoms with Crippen LogP contribution < -0.4 is 5.73 Å². The highest BCUT2D eigenvalue weighted by Crippen LogP contribution is 2.22. The van der Waals surface area contributed by atoms with Gasteiger partial charge in [0, 0.05) is 19.7 Å². The molecule has 0 atom stereocenters. The lowest BCUT2D eigenvalue weighted by Gasteiger charge is -2.16. The normalized spacial score (nSPS) is 10.7. The van der Waals surface area contributed by atoms with E-state index in [1.807, 2.05) is 42.5 Å². The molecule has 2 aromatic rings. The Hall–Kier alpha value is -2.92. The molecule has 0 fully saturated rings. The average Bonchev–Trinajstić information content (AvgIpc) is 2.66. The molecule has 0 heterocycles. The van der Waals surface area contributed by atoms with Crippen LogP contribution in [0.3, 0.4) is 0 Å². The standard InChI is InChI=1S/C21H24N2O3/c1-3-26-21(25)12-9-16-7-10-18(11-8-16)19-6-4-5-17(13-19)15-23(2)20(24)14-22/h4-13H,3,14-15,22H2,1-2H3. The number of amides is 1. The second-order valence-electron chi connectivity index (χ2n) is 5.86. The van der Waals surface area contributed by atoms with Crippen molar-refractivity contribution in [2.45, 2.75) is 13.5 Å². The van der Waals surface area contributed by atoms with Crippen LogP contribution in [0.2, 0.25) is 0 Å². The Kier molecular flexibility index (Phi) is 7.12. The van der Waals surface area contributed by atoms with Crippen molar-refractivity contribution in [2.24, 2.45) is 5.73 Å². The third-order valence-electron chi connectivity index (χ3n) is 3.89. The number of carbonyl (C=O) groups is 2. The van der Waals surface area contributed by atoms with Gasteiger partial charge in [0.1, 0.15) is 0 Å². The minimum Gasteiger partial charge on any atom is -0.463 e. The van der Waals surface area contributed by atoms with Crippen LogP contribution in [0.25, 0.3) is 17.2 Å². The number of hydrogen-bond acceptors (Lipinski definition) is 4. The summed E-state index contributed by atoms with van der Waals surface area (Å²) >= 11 is 0. The molecule has 0 radical (unpaired) electrons. The lowest BCUT2D eigenvalue weighted by molar-refractivity contribution is -0.137. The monoisotopic (exact) mass is 352 g/mol. The van der Waals surface area contributed by atoms with Gasteiger partial charge in [-0.15, -0.1) is 0 Å². The zero-order valence-corrected chi connectivity index (χ0v) is 15.1. The summed E-state index contributed by atoms with van der Waals surface area (Å²) in [5.41, 5.74) is 9.49. The van der Waals surface area contributed by atoms with Crippen molar-refractivity contribution in [3.63, 3.8) is 0 Å². The van der Waals surface area contributed by atoms with E-state index in [9.17, 15) is 9.59 Å².